The zero-order chi connectivity index (χ0) is 22.5. The number of pyridine rings is 2. The van der Waals surface area contributed by atoms with E-state index in [9.17, 15) is 4.39 Å². The highest BCUT2D eigenvalue weighted by Gasteiger charge is 2.25. The lowest BCUT2D eigenvalue weighted by Crippen LogP contribution is -2.29. The van der Waals surface area contributed by atoms with Crippen LogP contribution in [0.25, 0.3) is 28.1 Å². The summed E-state index contributed by atoms with van der Waals surface area (Å²) < 4.78 is 15.6. The molecule has 0 fully saturated rings. The molecule has 5 aromatic heterocycles. The zero-order valence-corrected chi connectivity index (χ0v) is 18.4. The van der Waals surface area contributed by atoms with E-state index in [4.69, 9.17) is 9.97 Å². The summed E-state index contributed by atoms with van der Waals surface area (Å²) >= 11 is 0. The Morgan fingerprint density at radius 2 is 2.12 bits per heavy atom. The Morgan fingerprint density at radius 1 is 1.21 bits per heavy atom. The molecule has 6 rings (SSSR count). The molecule has 0 saturated heterocycles. The van der Waals surface area contributed by atoms with Gasteiger partial charge in [0, 0.05) is 40.8 Å². The summed E-state index contributed by atoms with van der Waals surface area (Å²) in [5.41, 5.74) is 6.86. The first-order valence-electron chi connectivity index (χ1n) is 11.1. The summed E-state index contributed by atoms with van der Waals surface area (Å²) in [5, 5.41) is 8.15. The number of H-pyrrole nitrogens is 1. The van der Waals surface area contributed by atoms with E-state index in [0.717, 1.165) is 35.9 Å². The molecule has 2 N–H and O–H groups in total. The summed E-state index contributed by atoms with van der Waals surface area (Å²) in [7, 11) is 0. The van der Waals surface area contributed by atoms with E-state index >= 15 is 0 Å². The van der Waals surface area contributed by atoms with Gasteiger partial charge in [-0.15, -0.1) is 0 Å². The second-order valence-corrected chi connectivity index (χ2v) is 8.82. The molecule has 33 heavy (non-hydrogen) atoms. The molecule has 1 atom stereocenters. The molecule has 1 aliphatic carbocycles. The number of anilines is 1. The molecule has 0 spiro atoms. The number of fused-ring (bicyclic) bond motifs is 4. The Hall–Kier alpha value is -3.88. The van der Waals surface area contributed by atoms with Crippen LogP contribution in [0.4, 0.5) is 10.3 Å². The molecule has 1 unspecified atom stereocenters. The van der Waals surface area contributed by atoms with E-state index in [2.05, 4.69) is 45.3 Å². The molecule has 9 heteroatoms. The summed E-state index contributed by atoms with van der Waals surface area (Å²) in [6.45, 7) is 4.20. The van der Waals surface area contributed by atoms with Crippen molar-refractivity contribution in [2.75, 3.05) is 5.32 Å². The van der Waals surface area contributed by atoms with Gasteiger partial charge in [0.25, 0.3) is 0 Å². The minimum Gasteiger partial charge on any atom is -0.357 e. The van der Waals surface area contributed by atoms with Gasteiger partial charge in [-0.3, -0.25) is 9.97 Å². The van der Waals surface area contributed by atoms with Gasteiger partial charge >= 0.3 is 0 Å². The molecule has 0 aromatic carbocycles. The maximum atomic E-state index is 13.9. The van der Waals surface area contributed by atoms with Crippen LogP contribution in [0.2, 0.25) is 0 Å². The number of aryl methyl sites for hydroxylation is 1. The molecule has 1 aliphatic rings. The van der Waals surface area contributed by atoms with Crippen molar-refractivity contribution in [3.05, 3.63) is 65.6 Å². The fourth-order valence-electron chi connectivity index (χ4n) is 4.59. The molecule has 0 radical (unpaired) electrons. The predicted molar refractivity (Wildman–Crippen MR) is 124 cm³/mol. The third kappa shape index (κ3) is 3.40. The maximum absolute atomic E-state index is 13.9. The van der Waals surface area contributed by atoms with E-state index in [1.165, 1.54) is 23.5 Å². The maximum Gasteiger partial charge on any atom is 0.228 e. The summed E-state index contributed by atoms with van der Waals surface area (Å²) in [4.78, 5) is 21.5. The number of aromatic amines is 1. The first kappa shape index (κ1) is 19.8. The van der Waals surface area contributed by atoms with Crippen LogP contribution in [0.1, 0.15) is 43.0 Å². The Kier molecular flexibility index (Phi) is 4.56. The van der Waals surface area contributed by atoms with Gasteiger partial charge in [-0.25, -0.2) is 9.37 Å². The molecule has 0 bridgehead atoms. The standard InChI is InChI=1S/C24H23FN8/c1-13(2)18-12-28-33-23(18)31-22(14-8-15(25)11-26-10-14)32-24(33)29-16-5-6-19-17(9-16)21-20(30-19)4-3-7-27-21/h3-4,7-8,10-13,16,30H,5-6,9H2,1-2H3,(H,29,31,32). The fraction of sp³-hybridized carbons (Fsp3) is 0.292. The molecule has 8 nitrogen and oxygen atoms in total. The summed E-state index contributed by atoms with van der Waals surface area (Å²) in [6.07, 6.45) is 9.11. The first-order chi connectivity index (χ1) is 16.1. The van der Waals surface area contributed by atoms with Crippen molar-refractivity contribution >= 4 is 22.6 Å². The van der Waals surface area contributed by atoms with E-state index < -0.39 is 5.82 Å². The number of nitrogens with one attached hydrogen (secondary N) is 2. The molecular formula is C24H23FN8. The SMILES string of the molecule is CC(C)c1cnn2c(NC3CCc4[nH]c5cccnc5c4C3)nc(-c3cncc(F)c3)nc12. The number of hydrogen-bond donors (Lipinski definition) is 2. The fourth-order valence-corrected chi connectivity index (χ4v) is 4.59. The normalized spacial score (nSPS) is 15.9. The van der Waals surface area contributed by atoms with Crippen molar-refractivity contribution < 1.29 is 4.39 Å². The molecule has 0 aliphatic heterocycles. The van der Waals surface area contributed by atoms with Crippen molar-refractivity contribution in [1.29, 1.82) is 0 Å². The molecule has 166 valence electrons. The first-order valence-corrected chi connectivity index (χ1v) is 11.1. The van der Waals surface area contributed by atoms with Crippen molar-refractivity contribution in [2.45, 2.75) is 45.1 Å². The Bertz CT molecular complexity index is 1480. The van der Waals surface area contributed by atoms with Crippen molar-refractivity contribution in [2.24, 2.45) is 0 Å². The predicted octanol–water partition coefficient (Wildman–Crippen LogP) is 4.29. The van der Waals surface area contributed by atoms with Crippen molar-refractivity contribution in [1.82, 2.24) is 34.5 Å². The average Bonchev–Trinajstić information content (AvgIpc) is 3.41. The van der Waals surface area contributed by atoms with E-state index in [-0.39, 0.29) is 12.0 Å². The van der Waals surface area contributed by atoms with Gasteiger partial charge in [0.1, 0.15) is 5.82 Å². The topological polar surface area (TPSA) is 96.7 Å². The van der Waals surface area contributed by atoms with Gasteiger partial charge in [0.2, 0.25) is 5.95 Å². The quantitative estimate of drug-likeness (QED) is 0.431. The number of aromatic nitrogens is 7. The highest BCUT2D eigenvalue weighted by atomic mass is 19.1. The van der Waals surface area contributed by atoms with Gasteiger partial charge < -0.3 is 10.3 Å². The van der Waals surface area contributed by atoms with Gasteiger partial charge in [-0.05, 0) is 43.4 Å². The van der Waals surface area contributed by atoms with Crippen LogP contribution in [0.15, 0.2) is 43.0 Å². The van der Waals surface area contributed by atoms with E-state index in [1.54, 1.807) is 10.7 Å². The highest BCUT2D eigenvalue weighted by Crippen LogP contribution is 2.30. The molecule has 5 aromatic rings. The van der Waals surface area contributed by atoms with Crippen LogP contribution in [-0.2, 0) is 12.8 Å². The van der Waals surface area contributed by atoms with Gasteiger partial charge in [-0.1, -0.05) is 13.8 Å². The monoisotopic (exact) mass is 442 g/mol. The Morgan fingerprint density at radius 3 is 2.97 bits per heavy atom. The Labute approximate surface area is 189 Å². The molecule has 0 amide bonds. The van der Waals surface area contributed by atoms with Crippen LogP contribution in [-0.4, -0.2) is 40.6 Å². The van der Waals surface area contributed by atoms with Crippen LogP contribution in [0, 0.1) is 5.82 Å². The summed E-state index contributed by atoms with van der Waals surface area (Å²) in [6, 6.07) is 5.57. The second-order valence-electron chi connectivity index (χ2n) is 8.82. The van der Waals surface area contributed by atoms with Gasteiger partial charge in [0.05, 0.1) is 23.4 Å². The largest absolute Gasteiger partial charge is 0.357 e. The molecular weight excluding hydrogens is 419 g/mol. The minimum atomic E-state index is -0.422. The number of nitrogens with zero attached hydrogens (tertiary/aromatic N) is 6. The number of hydrogen-bond acceptors (Lipinski definition) is 6. The van der Waals surface area contributed by atoms with Crippen molar-refractivity contribution in [3.63, 3.8) is 0 Å². The third-order valence-electron chi connectivity index (χ3n) is 6.25. The number of rotatable bonds is 4. The van der Waals surface area contributed by atoms with Crippen LogP contribution < -0.4 is 5.32 Å². The van der Waals surface area contributed by atoms with E-state index in [1.807, 2.05) is 18.5 Å². The van der Waals surface area contributed by atoms with Crippen LogP contribution in [0.3, 0.4) is 0 Å². The van der Waals surface area contributed by atoms with Gasteiger partial charge in [-0.2, -0.15) is 14.6 Å². The summed E-state index contributed by atoms with van der Waals surface area (Å²) in [5.74, 6) is 0.824. The lowest BCUT2D eigenvalue weighted by Gasteiger charge is -2.24. The zero-order valence-electron chi connectivity index (χ0n) is 18.4. The lowest BCUT2D eigenvalue weighted by molar-refractivity contribution is 0.599. The van der Waals surface area contributed by atoms with Crippen molar-refractivity contribution in [3.8, 4) is 11.4 Å². The Balaban J connectivity index is 1.41. The second kappa shape index (κ2) is 7.61. The third-order valence-corrected chi connectivity index (χ3v) is 6.25. The minimum absolute atomic E-state index is 0.154. The average molecular weight is 443 g/mol. The molecule has 5 heterocycles. The number of halogens is 1. The van der Waals surface area contributed by atoms with E-state index in [0.29, 0.717) is 23.0 Å². The molecule has 0 saturated carbocycles. The van der Waals surface area contributed by atoms with Crippen LogP contribution >= 0.6 is 0 Å². The highest BCUT2D eigenvalue weighted by molar-refractivity contribution is 5.80. The van der Waals surface area contributed by atoms with Gasteiger partial charge in [0.15, 0.2) is 11.5 Å². The lowest BCUT2D eigenvalue weighted by atomic mass is 9.93. The smallest absolute Gasteiger partial charge is 0.228 e. The van der Waals surface area contributed by atoms with Crippen LogP contribution in [0.5, 0.6) is 0 Å².